The second kappa shape index (κ2) is 8.29. The van der Waals surface area contributed by atoms with Gasteiger partial charge in [-0.25, -0.2) is 4.79 Å². The fourth-order valence-corrected chi connectivity index (χ4v) is 1.63. The van der Waals surface area contributed by atoms with Gasteiger partial charge in [-0.2, -0.15) is 0 Å². The highest BCUT2D eigenvalue weighted by atomic mass is 16.6. The molecule has 0 aromatic rings. The molecule has 0 aliphatic rings. The third-order valence-corrected chi connectivity index (χ3v) is 2.71. The van der Waals surface area contributed by atoms with E-state index in [2.05, 4.69) is 24.7 Å². The van der Waals surface area contributed by atoms with Crippen molar-refractivity contribution in [1.29, 1.82) is 0 Å². The zero-order chi connectivity index (χ0) is 13.3. The monoisotopic (exact) mass is 242 g/mol. The Morgan fingerprint density at radius 1 is 1.35 bits per heavy atom. The number of methoxy groups -OCH3 is 1. The Hall–Kier alpha value is -0.830. The number of hydrogen-bond acceptors (Lipinski definition) is 3. The Morgan fingerprint density at radius 3 is 2.53 bits per heavy atom. The highest BCUT2D eigenvalue weighted by Crippen LogP contribution is 2.19. The van der Waals surface area contributed by atoms with Crippen LogP contribution in [0, 0.1) is 0 Å². The van der Waals surface area contributed by atoms with Crippen LogP contribution < -0.4 is 0 Å². The summed E-state index contributed by atoms with van der Waals surface area (Å²) in [5.41, 5.74) is 1.16. The fraction of sp³-hybridized carbons (Fsp3) is 0.786. The molecule has 0 atom stereocenters. The first-order valence-electron chi connectivity index (χ1n) is 6.27. The third-order valence-electron chi connectivity index (χ3n) is 2.71. The smallest absolute Gasteiger partial charge is 0.331 e. The van der Waals surface area contributed by atoms with E-state index < -0.39 is 0 Å². The molecule has 3 nitrogen and oxygen atoms in total. The first-order chi connectivity index (χ1) is 7.91. The van der Waals surface area contributed by atoms with Crippen LogP contribution in [0.25, 0.3) is 0 Å². The van der Waals surface area contributed by atoms with E-state index in [1.54, 1.807) is 0 Å². The largest absolute Gasteiger partial charge is 0.467 e. The summed E-state index contributed by atoms with van der Waals surface area (Å²) in [6, 6.07) is 0. The molecular weight excluding hydrogens is 216 g/mol. The van der Waals surface area contributed by atoms with Gasteiger partial charge in [-0.15, -0.1) is 0 Å². The predicted octanol–water partition coefficient (Wildman–Crippen LogP) is 3.48. The van der Waals surface area contributed by atoms with Crippen LogP contribution in [0.2, 0.25) is 0 Å². The summed E-state index contributed by atoms with van der Waals surface area (Å²) < 4.78 is 10.1. The third kappa shape index (κ3) is 8.93. The van der Waals surface area contributed by atoms with Gasteiger partial charge in [-0.1, -0.05) is 18.6 Å². The Kier molecular flexibility index (Phi) is 7.88. The molecule has 0 amide bonds. The molecule has 17 heavy (non-hydrogen) atoms. The molecule has 100 valence electrons. The molecule has 0 aromatic heterocycles. The standard InChI is InChI=1S/C14H26O3/c1-6-8-12(2)9-7-10-14(3,4)17-11-13(15)16-5/h8H,6-7,9-11H2,1-5H3/b12-8+. The van der Waals surface area contributed by atoms with Gasteiger partial charge >= 0.3 is 5.97 Å². The minimum absolute atomic E-state index is 0.0350. The molecule has 0 saturated heterocycles. The summed E-state index contributed by atoms with van der Waals surface area (Å²) in [5.74, 6) is -0.319. The first-order valence-corrected chi connectivity index (χ1v) is 6.27. The number of carbonyl (C=O) groups is 1. The lowest BCUT2D eigenvalue weighted by Gasteiger charge is -2.24. The van der Waals surface area contributed by atoms with E-state index in [0.717, 1.165) is 25.7 Å². The van der Waals surface area contributed by atoms with Crippen molar-refractivity contribution >= 4 is 5.97 Å². The van der Waals surface area contributed by atoms with Gasteiger partial charge < -0.3 is 9.47 Å². The van der Waals surface area contributed by atoms with E-state index in [0.29, 0.717) is 0 Å². The number of hydrogen-bond donors (Lipinski definition) is 0. The van der Waals surface area contributed by atoms with Gasteiger partial charge in [0.05, 0.1) is 12.7 Å². The minimum atomic E-state index is -0.319. The average Bonchev–Trinajstić information content (AvgIpc) is 2.26. The molecule has 0 fully saturated rings. The summed E-state index contributed by atoms with van der Waals surface area (Å²) in [7, 11) is 1.37. The van der Waals surface area contributed by atoms with Crippen LogP contribution >= 0.6 is 0 Å². The van der Waals surface area contributed by atoms with Crippen LogP contribution in [0.3, 0.4) is 0 Å². The Morgan fingerprint density at radius 2 is 2.00 bits per heavy atom. The van der Waals surface area contributed by atoms with Crippen LogP contribution in [0.15, 0.2) is 11.6 Å². The molecule has 0 heterocycles. The molecule has 0 rings (SSSR count). The van der Waals surface area contributed by atoms with Gasteiger partial charge in [0.25, 0.3) is 0 Å². The highest BCUT2D eigenvalue weighted by Gasteiger charge is 2.19. The van der Waals surface area contributed by atoms with Crippen molar-refractivity contribution in [1.82, 2.24) is 0 Å². The zero-order valence-corrected chi connectivity index (χ0v) is 11.8. The second-order valence-corrected chi connectivity index (χ2v) is 4.94. The molecule has 0 unspecified atom stereocenters. The van der Waals surface area contributed by atoms with Crippen molar-refractivity contribution in [3.63, 3.8) is 0 Å². The van der Waals surface area contributed by atoms with Gasteiger partial charge in [0, 0.05) is 0 Å². The van der Waals surface area contributed by atoms with Crippen LogP contribution in [-0.4, -0.2) is 25.3 Å². The van der Waals surface area contributed by atoms with Crippen molar-refractivity contribution in [2.45, 2.75) is 59.0 Å². The second-order valence-electron chi connectivity index (χ2n) is 4.94. The van der Waals surface area contributed by atoms with Crippen molar-refractivity contribution in [2.75, 3.05) is 13.7 Å². The zero-order valence-electron chi connectivity index (χ0n) is 11.8. The molecule has 0 aliphatic carbocycles. The van der Waals surface area contributed by atoms with E-state index in [-0.39, 0.29) is 18.2 Å². The maximum atomic E-state index is 11.0. The van der Waals surface area contributed by atoms with Crippen LogP contribution in [0.4, 0.5) is 0 Å². The summed E-state index contributed by atoms with van der Waals surface area (Å²) >= 11 is 0. The molecular formula is C14H26O3. The Labute approximate surface area is 105 Å². The molecule has 0 spiro atoms. The van der Waals surface area contributed by atoms with E-state index in [1.807, 2.05) is 13.8 Å². The van der Waals surface area contributed by atoms with Crippen molar-refractivity contribution in [2.24, 2.45) is 0 Å². The maximum absolute atomic E-state index is 11.0. The summed E-state index contributed by atoms with van der Waals surface area (Å²) in [5, 5.41) is 0. The average molecular weight is 242 g/mol. The van der Waals surface area contributed by atoms with Gasteiger partial charge in [0.15, 0.2) is 0 Å². The molecule has 0 radical (unpaired) electrons. The number of carbonyl (C=O) groups excluding carboxylic acids is 1. The SMILES string of the molecule is CC/C=C(\C)CCCC(C)(C)OCC(=O)OC. The lowest BCUT2D eigenvalue weighted by Crippen LogP contribution is -2.28. The summed E-state index contributed by atoms with van der Waals surface area (Å²) in [6.45, 7) is 8.36. The number of rotatable bonds is 8. The Bertz CT molecular complexity index is 254. The van der Waals surface area contributed by atoms with Crippen molar-refractivity contribution in [3.05, 3.63) is 11.6 Å². The topological polar surface area (TPSA) is 35.5 Å². The lowest BCUT2D eigenvalue weighted by atomic mass is 9.99. The van der Waals surface area contributed by atoms with E-state index in [9.17, 15) is 4.79 Å². The molecule has 3 heteroatoms. The van der Waals surface area contributed by atoms with Gasteiger partial charge in [-0.3, -0.25) is 0 Å². The Balaban J connectivity index is 3.85. The minimum Gasteiger partial charge on any atom is -0.467 e. The van der Waals surface area contributed by atoms with Crippen LogP contribution in [-0.2, 0) is 14.3 Å². The summed E-state index contributed by atoms with van der Waals surface area (Å²) in [6.07, 6.45) is 6.46. The van der Waals surface area contributed by atoms with Gasteiger partial charge in [0.2, 0.25) is 0 Å². The normalized spacial score (nSPS) is 12.6. The number of allylic oxidation sites excluding steroid dienone is 2. The lowest BCUT2D eigenvalue weighted by molar-refractivity contribution is -0.152. The molecule has 0 saturated carbocycles. The van der Waals surface area contributed by atoms with Crippen molar-refractivity contribution in [3.8, 4) is 0 Å². The van der Waals surface area contributed by atoms with Gasteiger partial charge in [0.1, 0.15) is 6.61 Å². The van der Waals surface area contributed by atoms with E-state index in [4.69, 9.17) is 4.74 Å². The predicted molar refractivity (Wildman–Crippen MR) is 69.9 cm³/mol. The fourth-order valence-electron chi connectivity index (χ4n) is 1.63. The summed E-state index contributed by atoms with van der Waals surface area (Å²) in [4.78, 5) is 11.0. The molecule has 0 aliphatic heterocycles. The number of esters is 1. The highest BCUT2D eigenvalue weighted by molar-refractivity contribution is 5.70. The van der Waals surface area contributed by atoms with Gasteiger partial charge in [-0.05, 0) is 46.5 Å². The van der Waals surface area contributed by atoms with Crippen molar-refractivity contribution < 1.29 is 14.3 Å². The quantitative estimate of drug-likeness (QED) is 0.483. The van der Waals surface area contributed by atoms with E-state index in [1.165, 1.54) is 12.7 Å². The molecule has 0 N–H and O–H groups in total. The van der Waals surface area contributed by atoms with Crippen LogP contribution in [0.5, 0.6) is 0 Å². The van der Waals surface area contributed by atoms with Crippen LogP contribution in [0.1, 0.15) is 53.4 Å². The molecule has 0 bridgehead atoms. The maximum Gasteiger partial charge on any atom is 0.331 e. The molecule has 0 aromatic carbocycles. The van der Waals surface area contributed by atoms with E-state index >= 15 is 0 Å². The first kappa shape index (κ1) is 16.2. The number of ether oxygens (including phenoxy) is 2.